The predicted molar refractivity (Wildman–Crippen MR) is 155 cm³/mol. The molecule has 5 aromatic rings. The molecule has 0 spiro atoms. The molecule has 0 aliphatic heterocycles. The third-order valence-corrected chi connectivity index (χ3v) is 6.19. The highest BCUT2D eigenvalue weighted by molar-refractivity contribution is 6.05. The van der Waals surface area contributed by atoms with Crippen molar-refractivity contribution in [2.45, 2.75) is 0 Å². The summed E-state index contributed by atoms with van der Waals surface area (Å²) in [5.41, 5.74) is 4.94. The van der Waals surface area contributed by atoms with Gasteiger partial charge in [-0.15, -0.1) is 0 Å². The maximum Gasteiger partial charge on any atom is 0.255 e. The average molecular weight is 531 g/mol. The molecule has 198 valence electrons. The van der Waals surface area contributed by atoms with E-state index < -0.39 is 0 Å². The van der Waals surface area contributed by atoms with Gasteiger partial charge in [-0.3, -0.25) is 9.59 Å². The normalized spacial score (nSPS) is 10.4. The van der Waals surface area contributed by atoms with Crippen LogP contribution in [-0.2, 0) is 0 Å². The molecule has 0 bridgehead atoms. The van der Waals surface area contributed by atoms with Crippen molar-refractivity contribution >= 4 is 23.2 Å². The van der Waals surface area contributed by atoms with Crippen molar-refractivity contribution in [3.05, 3.63) is 121 Å². The van der Waals surface area contributed by atoms with Gasteiger partial charge in [-0.25, -0.2) is 9.97 Å². The van der Waals surface area contributed by atoms with Gasteiger partial charge in [0, 0.05) is 46.0 Å². The van der Waals surface area contributed by atoms with Crippen LogP contribution >= 0.6 is 0 Å². The number of benzene rings is 4. The van der Waals surface area contributed by atoms with Gasteiger partial charge in [0.25, 0.3) is 11.8 Å². The van der Waals surface area contributed by atoms with Crippen LogP contribution in [0.25, 0.3) is 22.5 Å². The molecule has 8 nitrogen and oxygen atoms in total. The van der Waals surface area contributed by atoms with Gasteiger partial charge < -0.3 is 20.1 Å². The highest BCUT2D eigenvalue weighted by atomic mass is 16.5. The van der Waals surface area contributed by atoms with E-state index in [1.807, 2.05) is 48.5 Å². The molecule has 0 atom stereocenters. The molecule has 1 aromatic heterocycles. The SMILES string of the molecule is COc1cccc(C(=O)Nc2ccc(-c3cnc(-c4ccc(NC(=O)c5cccc(OC)c5)cc4)nc3)cc2)c1. The second-order valence-electron chi connectivity index (χ2n) is 8.82. The zero-order valence-corrected chi connectivity index (χ0v) is 21.9. The molecule has 0 saturated carbocycles. The molecule has 0 radical (unpaired) electrons. The lowest BCUT2D eigenvalue weighted by atomic mass is 10.1. The third-order valence-electron chi connectivity index (χ3n) is 6.19. The van der Waals surface area contributed by atoms with Gasteiger partial charge in [0.15, 0.2) is 5.82 Å². The monoisotopic (exact) mass is 530 g/mol. The van der Waals surface area contributed by atoms with Crippen molar-refractivity contribution in [3.63, 3.8) is 0 Å². The van der Waals surface area contributed by atoms with Gasteiger partial charge >= 0.3 is 0 Å². The average Bonchev–Trinajstić information content (AvgIpc) is 3.02. The van der Waals surface area contributed by atoms with Gasteiger partial charge in [-0.05, 0) is 78.4 Å². The number of aromatic nitrogens is 2. The quantitative estimate of drug-likeness (QED) is 0.243. The first-order valence-corrected chi connectivity index (χ1v) is 12.5. The number of amides is 2. The first-order chi connectivity index (χ1) is 19.5. The molecular weight excluding hydrogens is 504 g/mol. The maximum atomic E-state index is 12.6. The standard InChI is InChI=1S/C32H26N4O4/c1-39-28-7-3-5-23(17-28)31(37)35-26-13-9-21(10-14-26)25-19-33-30(34-20-25)22-11-15-27(16-12-22)36-32(38)24-6-4-8-29(18-24)40-2/h3-20H,1-2H3,(H,35,37)(H,36,38). The van der Waals surface area contributed by atoms with Crippen molar-refractivity contribution in [1.29, 1.82) is 0 Å². The Morgan fingerprint density at radius 3 is 1.48 bits per heavy atom. The Morgan fingerprint density at radius 1 is 0.575 bits per heavy atom. The molecule has 0 aliphatic carbocycles. The molecule has 0 aliphatic rings. The lowest BCUT2D eigenvalue weighted by Gasteiger charge is -2.09. The summed E-state index contributed by atoms with van der Waals surface area (Å²) >= 11 is 0. The molecular formula is C32H26N4O4. The summed E-state index contributed by atoms with van der Waals surface area (Å²) < 4.78 is 10.4. The van der Waals surface area contributed by atoms with Crippen LogP contribution in [0.4, 0.5) is 11.4 Å². The van der Waals surface area contributed by atoms with E-state index in [2.05, 4.69) is 20.6 Å². The highest BCUT2D eigenvalue weighted by Crippen LogP contribution is 2.24. The second kappa shape index (κ2) is 11.9. The summed E-state index contributed by atoms with van der Waals surface area (Å²) in [5.74, 6) is 1.37. The highest BCUT2D eigenvalue weighted by Gasteiger charge is 2.10. The number of hydrogen-bond acceptors (Lipinski definition) is 6. The van der Waals surface area contributed by atoms with Crippen molar-refractivity contribution in [2.24, 2.45) is 0 Å². The van der Waals surface area contributed by atoms with Gasteiger partial charge in [0.2, 0.25) is 0 Å². The van der Waals surface area contributed by atoms with E-state index in [-0.39, 0.29) is 11.8 Å². The van der Waals surface area contributed by atoms with E-state index in [1.54, 1.807) is 75.1 Å². The zero-order valence-electron chi connectivity index (χ0n) is 21.9. The van der Waals surface area contributed by atoms with Crippen molar-refractivity contribution in [2.75, 3.05) is 24.9 Å². The molecule has 0 fully saturated rings. The number of methoxy groups -OCH3 is 2. The zero-order chi connectivity index (χ0) is 27.9. The second-order valence-corrected chi connectivity index (χ2v) is 8.82. The fourth-order valence-electron chi connectivity index (χ4n) is 4.01. The summed E-state index contributed by atoms with van der Waals surface area (Å²) in [4.78, 5) is 34.1. The van der Waals surface area contributed by atoms with Gasteiger partial charge in [-0.2, -0.15) is 0 Å². The molecule has 8 heteroatoms. The van der Waals surface area contributed by atoms with E-state index in [4.69, 9.17) is 9.47 Å². The van der Waals surface area contributed by atoms with Crippen molar-refractivity contribution < 1.29 is 19.1 Å². The number of hydrogen-bond donors (Lipinski definition) is 2. The van der Waals surface area contributed by atoms with Crippen molar-refractivity contribution in [3.8, 4) is 34.0 Å². The number of carbonyl (C=O) groups is 2. The summed E-state index contributed by atoms with van der Waals surface area (Å²) in [6.07, 6.45) is 3.51. The molecule has 40 heavy (non-hydrogen) atoms. The maximum absolute atomic E-state index is 12.6. The summed E-state index contributed by atoms with van der Waals surface area (Å²) in [5, 5.41) is 5.77. The van der Waals surface area contributed by atoms with Gasteiger partial charge in [-0.1, -0.05) is 24.3 Å². The number of nitrogens with one attached hydrogen (secondary N) is 2. The lowest BCUT2D eigenvalue weighted by molar-refractivity contribution is 0.101. The third kappa shape index (κ3) is 6.14. The van der Waals surface area contributed by atoms with Crippen LogP contribution in [0.1, 0.15) is 20.7 Å². The van der Waals surface area contributed by atoms with Gasteiger partial charge in [0.1, 0.15) is 11.5 Å². The molecule has 2 amide bonds. The summed E-state index contributed by atoms with van der Waals surface area (Å²) in [6, 6.07) is 28.8. The largest absolute Gasteiger partial charge is 0.497 e. The van der Waals surface area contributed by atoms with E-state index >= 15 is 0 Å². The summed E-state index contributed by atoms with van der Waals surface area (Å²) in [6.45, 7) is 0. The Hall–Kier alpha value is -5.50. The number of ether oxygens (including phenoxy) is 2. The van der Waals surface area contributed by atoms with E-state index in [1.165, 1.54) is 0 Å². The van der Waals surface area contributed by atoms with Crippen LogP contribution < -0.4 is 20.1 Å². The minimum atomic E-state index is -0.224. The fourth-order valence-corrected chi connectivity index (χ4v) is 4.01. The first-order valence-electron chi connectivity index (χ1n) is 12.5. The Balaban J connectivity index is 1.21. The van der Waals surface area contributed by atoms with Crippen LogP contribution in [0.2, 0.25) is 0 Å². The molecule has 1 heterocycles. The number of rotatable bonds is 8. The van der Waals surface area contributed by atoms with E-state index in [0.717, 1.165) is 16.7 Å². The Kier molecular flexibility index (Phi) is 7.78. The smallest absolute Gasteiger partial charge is 0.255 e. The minimum Gasteiger partial charge on any atom is -0.497 e. The Labute approximate surface area is 231 Å². The van der Waals surface area contributed by atoms with E-state index in [9.17, 15) is 9.59 Å². The fraction of sp³-hybridized carbons (Fsp3) is 0.0625. The molecule has 2 N–H and O–H groups in total. The Bertz CT molecular complexity index is 1510. The Morgan fingerprint density at radius 2 is 1.02 bits per heavy atom. The number of carbonyl (C=O) groups excluding carboxylic acids is 2. The molecule has 0 unspecified atom stereocenters. The number of anilines is 2. The minimum absolute atomic E-state index is 0.217. The molecule has 4 aromatic carbocycles. The van der Waals surface area contributed by atoms with Crippen LogP contribution in [0.15, 0.2) is 109 Å². The predicted octanol–water partition coefficient (Wildman–Crippen LogP) is 6.33. The molecule has 5 rings (SSSR count). The first kappa shape index (κ1) is 26.1. The van der Waals surface area contributed by atoms with Crippen LogP contribution in [0.5, 0.6) is 11.5 Å². The molecule has 0 saturated heterocycles. The van der Waals surface area contributed by atoms with Crippen LogP contribution in [0, 0.1) is 0 Å². The summed E-state index contributed by atoms with van der Waals surface area (Å²) in [7, 11) is 3.13. The van der Waals surface area contributed by atoms with Crippen LogP contribution in [0.3, 0.4) is 0 Å². The lowest BCUT2D eigenvalue weighted by Crippen LogP contribution is -2.11. The number of nitrogens with zero attached hydrogens (tertiary/aromatic N) is 2. The van der Waals surface area contributed by atoms with E-state index in [0.29, 0.717) is 39.8 Å². The topological polar surface area (TPSA) is 102 Å². The van der Waals surface area contributed by atoms with Gasteiger partial charge in [0.05, 0.1) is 14.2 Å². The van der Waals surface area contributed by atoms with Crippen LogP contribution in [-0.4, -0.2) is 36.0 Å². The van der Waals surface area contributed by atoms with Crippen molar-refractivity contribution in [1.82, 2.24) is 9.97 Å².